The molecular formula is C9H12N2O2. The molecule has 0 saturated carbocycles. The molecule has 0 atom stereocenters. The number of aromatic nitrogens is 2. The molecule has 1 aromatic rings. The van der Waals surface area contributed by atoms with Crippen LogP contribution in [-0.4, -0.2) is 21.8 Å². The van der Waals surface area contributed by atoms with Gasteiger partial charge in [0.05, 0.1) is 0 Å². The largest absolute Gasteiger partial charge is 0.293 e. The highest BCUT2D eigenvalue weighted by Gasteiger charge is 2.10. The number of nitrogens with zero attached hydrogens (tertiary/aromatic N) is 1. The summed E-state index contributed by atoms with van der Waals surface area (Å²) in [6, 6.07) is 1.50. The van der Waals surface area contributed by atoms with Gasteiger partial charge in [-0.3, -0.25) is 14.7 Å². The average Bonchev–Trinajstić information content (AvgIpc) is 2.52. The van der Waals surface area contributed by atoms with Crippen molar-refractivity contribution in [1.82, 2.24) is 10.2 Å². The summed E-state index contributed by atoms with van der Waals surface area (Å²) in [7, 11) is 0. The van der Waals surface area contributed by atoms with Crippen molar-refractivity contribution < 1.29 is 9.59 Å². The minimum absolute atomic E-state index is 0.00231. The van der Waals surface area contributed by atoms with Gasteiger partial charge in [0.1, 0.15) is 11.4 Å². The normalized spacial score (nSPS) is 10.0. The number of hydrogen-bond acceptors (Lipinski definition) is 3. The van der Waals surface area contributed by atoms with Crippen LogP contribution in [0, 0.1) is 0 Å². The second-order valence-corrected chi connectivity index (χ2v) is 2.90. The summed E-state index contributed by atoms with van der Waals surface area (Å²) in [5.74, 6) is -0.130. The number of nitrogens with one attached hydrogen (secondary N) is 1. The zero-order valence-corrected chi connectivity index (χ0v) is 7.76. The van der Waals surface area contributed by atoms with Crippen LogP contribution in [0.2, 0.25) is 0 Å². The molecule has 0 aliphatic heterocycles. The first-order valence-corrected chi connectivity index (χ1v) is 4.24. The van der Waals surface area contributed by atoms with Crippen LogP contribution in [0.4, 0.5) is 0 Å². The summed E-state index contributed by atoms with van der Waals surface area (Å²) in [4.78, 5) is 22.1. The Morgan fingerprint density at radius 1 is 1.54 bits per heavy atom. The van der Waals surface area contributed by atoms with Gasteiger partial charge in [-0.2, -0.15) is 5.10 Å². The Morgan fingerprint density at radius 3 is 2.69 bits per heavy atom. The second kappa shape index (κ2) is 3.98. The molecule has 0 unspecified atom stereocenters. The van der Waals surface area contributed by atoms with Gasteiger partial charge in [0.15, 0.2) is 11.6 Å². The van der Waals surface area contributed by atoms with Gasteiger partial charge in [0.25, 0.3) is 0 Å². The van der Waals surface area contributed by atoms with Crippen LogP contribution in [0.3, 0.4) is 0 Å². The Kier molecular flexibility index (Phi) is 2.95. The molecule has 1 rings (SSSR count). The highest BCUT2D eigenvalue weighted by molar-refractivity contribution is 5.98. The molecule has 0 amide bonds. The summed E-state index contributed by atoms with van der Waals surface area (Å²) in [5, 5.41) is 6.27. The monoisotopic (exact) mass is 180 g/mol. The van der Waals surface area contributed by atoms with Crippen LogP contribution in [-0.2, 0) is 0 Å². The first-order valence-electron chi connectivity index (χ1n) is 4.24. The van der Waals surface area contributed by atoms with E-state index < -0.39 is 0 Å². The third kappa shape index (κ3) is 2.24. The summed E-state index contributed by atoms with van der Waals surface area (Å²) in [6.07, 6.45) is 1.28. The fourth-order valence-corrected chi connectivity index (χ4v) is 1.01. The van der Waals surface area contributed by atoms with Crippen molar-refractivity contribution in [3.8, 4) is 0 Å². The smallest absolute Gasteiger partial charge is 0.180 e. The molecular weight excluding hydrogens is 168 g/mol. The van der Waals surface area contributed by atoms with Crippen molar-refractivity contribution >= 4 is 11.6 Å². The van der Waals surface area contributed by atoms with E-state index in [9.17, 15) is 9.59 Å². The van der Waals surface area contributed by atoms with Gasteiger partial charge in [0, 0.05) is 13.3 Å². The predicted molar refractivity (Wildman–Crippen MR) is 47.8 cm³/mol. The van der Waals surface area contributed by atoms with Crippen LogP contribution in [0.25, 0.3) is 0 Å². The molecule has 0 saturated heterocycles. The van der Waals surface area contributed by atoms with E-state index in [1.165, 1.54) is 13.0 Å². The molecule has 1 aromatic heterocycles. The van der Waals surface area contributed by atoms with Gasteiger partial charge in [-0.15, -0.1) is 0 Å². The number of carbonyl (C=O) groups is 2. The maximum Gasteiger partial charge on any atom is 0.180 e. The molecule has 4 heteroatoms. The summed E-state index contributed by atoms with van der Waals surface area (Å²) >= 11 is 0. The summed E-state index contributed by atoms with van der Waals surface area (Å²) in [6.45, 7) is 3.35. The van der Waals surface area contributed by atoms with Gasteiger partial charge >= 0.3 is 0 Å². The molecule has 1 N–H and O–H groups in total. The quantitative estimate of drug-likeness (QED) is 0.716. The zero-order chi connectivity index (χ0) is 9.84. The van der Waals surface area contributed by atoms with E-state index in [2.05, 4.69) is 10.2 Å². The van der Waals surface area contributed by atoms with E-state index in [-0.39, 0.29) is 11.6 Å². The maximum absolute atomic E-state index is 11.3. The average molecular weight is 180 g/mol. The second-order valence-electron chi connectivity index (χ2n) is 2.90. The van der Waals surface area contributed by atoms with Gasteiger partial charge < -0.3 is 0 Å². The summed E-state index contributed by atoms with van der Waals surface area (Å²) < 4.78 is 0. The topological polar surface area (TPSA) is 62.8 Å². The van der Waals surface area contributed by atoms with Crippen molar-refractivity contribution in [3.05, 3.63) is 17.5 Å². The Hall–Kier alpha value is -1.45. The summed E-state index contributed by atoms with van der Waals surface area (Å²) in [5.41, 5.74) is 0.742. The SMILES string of the molecule is CCCC(=O)c1cc(C(C)=O)n[nH]1. The van der Waals surface area contributed by atoms with Crippen molar-refractivity contribution in [3.63, 3.8) is 0 Å². The zero-order valence-electron chi connectivity index (χ0n) is 7.76. The number of Topliss-reactive ketones (excluding diaryl/α,β-unsaturated/α-hetero) is 2. The highest BCUT2D eigenvalue weighted by Crippen LogP contribution is 2.04. The lowest BCUT2D eigenvalue weighted by Gasteiger charge is -1.90. The minimum Gasteiger partial charge on any atom is -0.293 e. The number of aromatic amines is 1. The minimum atomic E-state index is -0.133. The van der Waals surface area contributed by atoms with E-state index >= 15 is 0 Å². The Balaban J connectivity index is 2.79. The van der Waals surface area contributed by atoms with Crippen LogP contribution >= 0.6 is 0 Å². The standard InChI is InChI=1S/C9H12N2O2/c1-3-4-9(13)8-5-7(6(2)12)10-11-8/h5H,3-4H2,1-2H3,(H,10,11). The Bertz CT molecular complexity index is 328. The van der Waals surface area contributed by atoms with Crippen LogP contribution in [0.15, 0.2) is 6.07 Å². The lowest BCUT2D eigenvalue weighted by Crippen LogP contribution is -1.97. The number of carbonyl (C=O) groups excluding carboxylic acids is 2. The number of rotatable bonds is 4. The van der Waals surface area contributed by atoms with Crippen LogP contribution in [0.1, 0.15) is 47.7 Å². The fraction of sp³-hybridized carbons (Fsp3) is 0.444. The number of H-pyrrole nitrogens is 1. The van der Waals surface area contributed by atoms with Gasteiger partial charge in [0.2, 0.25) is 0 Å². The lowest BCUT2D eigenvalue weighted by atomic mass is 10.1. The Labute approximate surface area is 76.3 Å². The number of ketones is 2. The van der Waals surface area contributed by atoms with Crippen LogP contribution < -0.4 is 0 Å². The van der Waals surface area contributed by atoms with E-state index in [1.807, 2.05) is 6.92 Å². The van der Waals surface area contributed by atoms with Crippen molar-refractivity contribution in [2.24, 2.45) is 0 Å². The molecule has 4 nitrogen and oxygen atoms in total. The van der Waals surface area contributed by atoms with Crippen LogP contribution in [0.5, 0.6) is 0 Å². The molecule has 1 heterocycles. The van der Waals surface area contributed by atoms with E-state index in [0.717, 1.165) is 6.42 Å². The molecule has 0 bridgehead atoms. The predicted octanol–water partition coefficient (Wildman–Crippen LogP) is 1.60. The third-order valence-electron chi connectivity index (χ3n) is 1.72. The molecule has 70 valence electrons. The lowest BCUT2D eigenvalue weighted by molar-refractivity contribution is 0.0976. The Morgan fingerprint density at radius 2 is 2.23 bits per heavy atom. The molecule has 0 spiro atoms. The van der Waals surface area contributed by atoms with Crippen molar-refractivity contribution in [1.29, 1.82) is 0 Å². The highest BCUT2D eigenvalue weighted by atomic mass is 16.1. The van der Waals surface area contributed by atoms with Gasteiger partial charge in [-0.25, -0.2) is 0 Å². The molecule has 13 heavy (non-hydrogen) atoms. The first-order chi connectivity index (χ1) is 6.15. The molecule has 0 aromatic carbocycles. The fourth-order valence-electron chi connectivity index (χ4n) is 1.01. The third-order valence-corrected chi connectivity index (χ3v) is 1.72. The van der Waals surface area contributed by atoms with Gasteiger partial charge in [-0.1, -0.05) is 6.92 Å². The number of hydrogen-bond donors (Lipinski definition) is 1. The molecule has 0 aliphatic carbocycles. The first kappa shape index (κ1) is 9.64. The molecule has 0 aliphatic rings. The molecule has 0 fully saturated rings. The molecule has 0 radical (unpaired) electrons. The maximum atomic E-state index is 11.3. The van der Waals surface area contributed by atoms with E-state index in [0.29, 0.717) is 17.8 Å². The van der Waals surface area contributed by atoms with Gasteiger partial charge in [-0.05, 0) is 12.5 Å². The van der Waals surface area contributed by atoms with Crippen molar-refractivity contribution in [2.75, 3.05) is 0 Å². The van der Waals surface area contributed by atoms with E-state index in [1.54, 1.807) is 0 Å². The van der Waals surface area contributed by atoms with E-state index in [4.69, 9.17) is 0 Å². The van der Waals surface area contributed by atoms with Crippen molar-refractivity contribution in [2.45, 2.75) is 26.7 Å².